The number of hydrogen-bond donors (Lipinski definition) is 0. The molecule has 242 valence electrons. The Kier molecular flexibility index (Phi) is 10.1. The SMILES string of the molecule is COC(=O)c1ccc(CN(C(=O)Cc2cccc(-c3cccc(C(=O)OC)c3)c2)C2c3ccccc3CCC2Cc2ccccc2)cc1. The van der Waals surface area contributed by atoms with Crippen LogP contribution in [0.5, 0.6) is 0 Å². The Morgan fingerprint density at radius 3 is 2.04 bits per heavy atom. The normalized spacial score (nSPS) is 15.2. The fraction of sp³-hybridized carbons (Fsp3) is 0.214. The fourth-order valence-electron chi connectivity index (χ4n) is 6.84. The molecule has 6 nitrogen and oxygen atoms in total. The summed E-state index contributed by atoms with van der Waals surface area (Å²) in [6.07, 6.45) is 3.00. The molecule has 2 atom stereocenters. The maximum absolute atomic E-state index is 14.7. The van der Waals surface area contributed by atoms with Gasteiger partial charge >= 0.3 is 11.9 Å². The minimum Gasteiger partial charge on any atom is -0.465 e. The number of carbonyl (C=O) groups excluding carboxylic acids is 3. The van der Waals surface area contributed by atoms with Crippen molar-refractivity contribution >= 4 is 17.8 Å². The number of carbonyl (C=O) groups is 3. The Morgan fingerprint density at radius 2 is 1.29 bits per heavy atom. The highest BCUT2D eigenvalue weighted by Gasteiger charge is 2.36. The molecule has 1 amide bonds. The molecule has 0 radical (unpaired) electrons. The third-order valence-corrected chi connectivity index (χ3v) is 9.23. The molecule has 0 saturated carbocycles. The molecular weight excluding hydrogens is 598 g/mol. The van der Waals surface area contributed by atoms with Gasteiger partial charge in [0.25, 0.3) is 0 Å². The van der Waals surface area contributed by atoms with E-state index < -0.39 is 11.9 Å². The summed E-state index contributed by atoms with van der Waals surface area (Å²) in [5.74, 6) is -0.549. The lowest BCUT2D eigenvalue weighted by molar-refractivity contribution is -0.135. The minimum absolute atomic E-state index is 0.0206. The first-order chi connectivity index (χ1) is 23.4. The second kappa shape index (κ2) is 14.9. The van der Waals surface area contributed by atoms with E-state index >= 15 is 0 Å². The second-order valence-corrected chi connectivity index (χ2v) is 12.3. The van der Waals surface area contributed by atoms with E-state index in [4.69, 9.17) is 9.47 Å². The summed E-state index contributed by atoms with van der Waals surface area (Å²) < 4.78 is 9.83. The summed E-state index contributed by atoms with van der Waals surface area (Å²) in [4.78, 5) is 41.0. The van der Waals surface area contributed by atoms with E-state index in [2.05, 4.69) is 48.5 Å². The van der Waals surface area contributed by atoms with Gasteiger partial charge in [0.15, 0.2) is 0 Å². The van der Waals surface area contributed by atoms with Crippen LogP contribution < -0.4 is 0 Å². The summed E-state index contributed by atoms with van der Waals surface area (Å²) in [6.45, 7) is 0.394. The van der Waals surface area contributed by atoms with Gasteiger partial charge in [-0.1, -0.05) is 103 Å². The number of hydrogen-bond acceptors (Lipinski definition) is 5. The van der Waals surface area contributed by atoms with Crippen molar-refractivity contribution in [3.05, 3.63) is 166 Å². The van der Waals surface area contributed by atoms with Gasteiger partial charge in [-0.15, -0.1) is 0 Å². The van der Waals surface area contributed by atoms with Crippen LogP contribution in [0.15, 0.2) is 127 Å². The smallest absolute Gasteiger partial charge is 0.337 e. The van der Waals surface area contributed by atoms with Crippen molar-refractivity contribution in [3.63, 3.8) is 0 Å². The Labute approximate surface area is 282 Å². The van der Waals surface area contributed by atoms with Crippen LogP contribution in [0.4, 0.5) is 0 Å². The van der Waals surface area contributed by atoms with Crippen LogP contribution in [0, 0.1) is 5.92 Å². The predicted molar refractivity (Wildman–Crippen MR) is 186 cm³/mol. The van der Waals surface area contributed by atoms with Crippen LogP contribution in [0.2, 0.25) is 0 Å². The van der Waals surface area contributed by atoms with Crippen molar-refractivity contribution in [3.8, 4) is 11.1 Å². The Bertz CT molecular complexity index is 1900. The van der Waals surface area contributed by atoms with Crippen molar-refractivity contribution in [2.45, 2.75) is 38.3 Å². The van der Waals surface area contributed by atoms with Crippen LogP contribution in [0.3, 0.4) is 0 Å². The number of methoxy groups -OCH3 is 2. The zero-order valence-corrected chi connectivity index (χ0v) is 27.3. The van der Waals surface area contributed by atoms with Gasteiger partial charge in [0, 0.05) is 6.54 Å². The van der Waals surface area contributed by atoms with Gasteiger partial charge in [0.1, 0.15) is 0 Å². The lowest BCUT2D eigenvalue weighted by atomic mass is 9.76. The standard InChI is InChI=1S/C42H39NO5/c1-47-41(45)33-20-18-30(19-21-33)28-43(40-36(24-29-10-4-3-5-11-29)23-22-32-13-6-7-17-38(32)40)39(44)26-31-12-8-14-34(25-31)35-15-9-16-37(27-35)42(46)48-2/h3-21,25,27,36,40H,22-24,26,28H2,1-2H3. The molecule has 0 heterocycles. The molecule has 1 aliphatic rings. The summed E-state index contributed by atoms with van der Waals surface area (Å²) in [7, 11) is 2.74. The van der Waals surface area contributed by atoms with Crippen LogP contribution in [0.1, 0.15) is 61.0 Å². The lowest BCUT2D eigenvalue weighted by Crippen LogP contribution is -2.41. The van der Waals surface area contributed by atoms with E-state index in [-0.39, 0.29) is 24.3 Å². The average molecular weight is 638 g/mol. The zero-order valence-electron chi connectivity index (χ0n) is 27.3. The summed E-state index contributed by atoms with van der Waals surface area (Å²) in [6, 6.07) is 41.4. The number of esters is 2. The van der Waals surface area contributed by atoms with Gasteiger partial charge in [0.05, 0.1) is 37.8 Å². The maximum atomic E-state index is 14.7. The topological polar surface area (TPSA) is 72.9 Å². The van der Waals surface area contributed by atoms with Crippen molar-refractivity contribution in [2.75, 3.05) is 14.2 Å². The first-order valence-electron chi connectivity index (χ1n) is 16.3. The second-order valence-electron chi connectivity index (χ2n) is 12.3. The number of rotatable bonds is 10. The summed E-state index contributed by atoms with van der Waals surface area (Å²) >= 11 is 0. The van der Waals surface area contributed by atoms with Gasteiger partial charge in [0.2, 0.25) is 5.91 Å². The number of amides is 1. The number of ether oxygens (including phenoxy) is 2. The van der Waals surface area contributed by atoms with Crippen molar-refractivity contribution in [1.29, 1.82) is 0 Å². The maximum Gasteiger partial charge on any atom is 0.337 e. The van der Waals surface area contributed by atoms with Crippen LogP contribution in [-0.4, -0.2) is 37.0 Å². The number of nitrogens with zero attached hydrogens (tertiary/aromatic N) is 1. The highest BCUT2D eigenvalue weighted by Crippen LogP contribution is 2.41. The molecule has 0 spiro atoms. The molecule has 0 fully saturated rings. The lowest BCUT2D eigenvalue weighted by Gasteiger charge is -2.42. The molecule has 0 aliphatic heterocycles. The highest BCUT2D eigenvalue weighted by molar-refractivity contribution is 5.91. The van der Waals surface area contributed by atoms with E-state index in [1.165, 1.54) is 30.9 Å². The molecule has 5 aromatic carbocycles. The van der Waals surface area contributed by atoms with E-state index in [9.17, 15) is 14.4 Å². The van der Waals surface area contributed by atoms with Crippen LogP contribution >= 0.6 is 0 Å². The van der Waals surface area contributed by atoms with Gasteiger partial charge in [-0.3, -0.25) is 4.79 Å². The monoisotopic (exact) mass is 637 g/mol. The third-order valence-electron chi connectivity index (χ3n) is 9.23. The Balaban J connectivity index is 1.36. The molecule has 6 rings (SSSR count). The molecule has 0 aromatic heterocycles. The summed E-state index contributed by atoms with van der Waals surface area (Å²) in [5.41, 5.74) is 8.28. The van der Waals surface area contributed by atoms with Crippen molar-refractivity contribution < 1.29 is 23.9 Å². The summed E-state index contributed by atoms with van der Waals surface area (Å²) in [5, 5.41) is 0. The van der Waals surface area contributed by atoms with Gasteiger partial charge < -0.3 is 14.4 Å². The molecule has 0 N–H and O–H groups in total. The minimum atomic E-state index is -0.393. The molecule has 0 bridgehead atoms. The molecule has 1 aliphatic carbocycles. The van der Waals surface area contributed by atoms with Gasteiger partial charge in [-0.25, -0.2) is 9.59 Å². The predicted octanol–water partition coefficient (Wildman–Crippen LogP) is 8.04. The van der Waals surface area contributed by atoms with Crippen LogP contribution in [0.25, 0.3) is 11.1 Å². The molecule has 5 aromatic rings. The largest absolute Gasteiger partial charge is 0.465 e. The third kappa shape index (κ3) is 7.39. The molecule has 2 unspecified atom stereocenters. The average Bonchev–Trinajstić information content (AvgIpc) is 3.14. The van der Waals surface area contributed by atoms with E-state index in [1.54, 1.807) is 18.2 Å². The molecule has 0 saturated heterocycles. The van der Waals surface area contributed by atoms with Crippen LogP contribution in [-0.2, 0) is 40.1 Å². The first kappa shape index (κ1) is 32.5. The molecule has 48 heavy (non-hydrogen) atoms. The zero-order chi connectivity index (χ0) is 33.5. The fourth-order valence-corrected chi connectivity index (χ4v) is 6.84. The first-order valence-corrected chi connectivity index (χ1v) is 16.3. The number of fused-ring (bicyclic) bond motifs is 1. The quantitative estimate of drug-likeness (QED) is 0.145. The van der Waals surface area contributed by atoms with E-state index in [0.29, 0.717) is 17.7 Å². The van der Waals surface area contributed by atoms with Gasteiger partial charge in [-0.05, 0) is 88.4 Å². The highest BCUT2D eigenvalue weighted by atomic mass is 16.5. The number of aryl methyl sites for hydroxylation is 1. The Morgan fingerprint density at radius 1 is 0.646 bits per heavy atom. The van der Waals surface area contributed by atoms with Crippen molar-refractivity contribution in [1.82, 2.24) is 4.90 Å². The Hall–Kier alpha value is -5.49. The van der Waals surface area contributed by atoms with Crippen molar-refractivity contribution in [2.24, 2.45) is 5.92 Å². The van der Waals surface area contributed by atoms with E-state index in [1.807, 2.05) is 65.6 Å². The van der Waals surface area contributed by atoms with Gasteiger partial charge in [-0.2, -0.15) is 0 Å². The van der Waals surface area contributed by atoms with E-state index in [0.717, 1.165) is 41.5 Å². The number of benzene rings is 5. The molecule has 6 heteroatoms. The molecular formula is C42H39NO5.